The summed E-state index contributed by atoms with van der Waals surface area (Å²) in [5, 5.41) is 40.3. The molecular formula is C18H32O9. The first-order valence-corrected chi connectivity index (χ1v) is 9.72. The predicted molar refractivity (Wildman–Crippen MR) is 91.7 cm³/mol. The quantitative estimate of drug-likeness (QED) is 0.490. The molecule has 3 fully saturated rings. The van der Waals surface area contributed by atoms with E-state index in [1.807, 2.05) is 6.92 Å². The minimum atomic E-state index is -0.960. The monoisotopic (exact) mass is 392 g/mol. The molecule has 3 aliphatic heterocycles. The summed E-state index contributed by atoms with van der Waals surface area (Å²) in [4.78, 5) is 0. The van der Waals surface area contributed by atoms with Gasteiger partial charge in [-0.3, -0.25) is 0 Å². The Balaban J connectivity index is 1.54. The fraction of sp³-hybridized carbons (Fsp3) is 1.00. The number of hydrogen-bond acceptors (Lipinski definition) is 9. The average molecular weight is 392 g/mol. The lowest BCUT2D eigenvalue weighted by Crippen LogP contribution is -2.55. The van der Waals surface area contributed by atoms with Gasteiger partial charge in [-0.2, -0.15) is 0 Å². The first-order chi connectivity index (χ1) is 12.8. The maximum Gasteiger partial charge on any atom is 0.161 e. The van der Waals surface area contributed by atoms with Crippen molar-refractivity contribution in [3.05, 3.63) is 0 Å². The van der Waals surface area contributed by atoms with Gasteiger partial charge in [0, 0.05) is 19.4 Å². The molecule has 3 aliphatic rings. The van der Waals surface area contributed by atoms with E-state index in [1.54, 1.807) is 13.8 Å². The van der Waals surface area contributed by atoms with E-state index in [2.05, 4.69) is 0 Å². The Labute approximate surface area is 159 Å². The maximum atomic E-state index is 10.5. The lowest BCUT2D eigenvalue weighted by molar-refractivity contribution is -0.324. The average Bonchev–Trinajstić information content (AvgIpc) is 2.59. The molecule has 0 spiro atoms. The van der Waals surface area contributed by atoms with Crippen molar-refractivity contribution in [3.63, 3.8) is 0 Å². The van der Waals surface area contributed by atoms with Gasteiger partial charge < -0.3 is 44.1 Å². The van der Waals surface area contributed by atoms with Crippen molar-refractivity contribution < 1.29 is 44.1 Å². The summed E-state index contributed by atoms with van der Waals surface area (Å²) in [6.07, 6.45) is -6.52. The summed E-state index contributed by atoms with van der Waals surface area (Å²) in [6.45, 7) is 5.74. The van der Waals surface area contributed by atoms with Crippen LogP contribution < -0.4 is 0 Å². The van der Waals surface area contributed by atoms with Gasteiger partial charge in [-0.15, -0.1) is 0 Å². The van der Waals surface area contributed by atoms with Gasteiger partial charge in [0.25, 0.3) is 0 Å². The third-order valence-corrected chi connectivity index (χ3v) is 5.57. The molecule has 0 aromatic rings. The second-order valence-corrected chi connectivity index (χ2v) is 7.77. The van der Waals surface area contributed by atoms with Crippen molar-refractivity contribution in [3.8, 4) is 0 Å². The Hall–Kier alpha value is -0.360. The van der Waals surface area contributed by atoms with E-state index in [1.165, 1.54) is 0 Å². The van der Waals surface area contributed by atoms with Crippen LogP contribution in [0.5, 0.6) is 0 Å². The third kappa shape index (κ3) is 4.98. The normalized spacial score (nSPS) is 51.9. The van der Waals surface area contributed by atoms with Crippen molar-refractivity contribution in [1.82, 2.24) is 0 Å². The Morgan fingerprint density at radius 1 is 0.704 bits per heavy atom. The molecule has 0 amide bonds. The maximum absolute atomic E-state index is 10.5. The van der Waals surface area contributed by atoms with Gasteiger partial charge in [0.15, 0.2) is 12.6 Å². The van der Waals surface area contributed by atoms with Crippen LogP contribution in [0.2, 0.25) is 0 Å². The minimum absolute atomic E-state index is 0.116. The van der Waals surface area contributed by atoms with Crippen LogP contribution in [-0.4, -0.2) is 94.5 Å². The molecule has 3 heterocycles. The molecule has 9 heteroatoms. The van der Waals surface area contributed by atoms with Gasteiger partial charge in [0.1, 0.15) is 18.3 Å². The SMILES string of the molecule is C[C@H]1O[C@@H](O[C@H]2[C@@H](O)CC(O[C@H]3[C@@H](O)CCO[C@@H]3C)O[C@@H]2C)C[C@H](O)[C@@H]1O. The molecular weight excluding hydrogens is 360 g/mol. The van der Waals surface area contributed by atoms with Crippen LogP contribution >= 0.6 is 0 Å². The molecule has 0 radical (unpaired) electrons. The fourth-order valence-corrected chi connectivity index (χ4v) is 3.92. The zero-order valence-electron chi connectivity index (χ0n) is 16.0. The summed E-state index contributed by atoms with van der Waals surface area (Å²) in [6, 6.07) is 0. The van der Waals surface area contributed by atoms with Crippen molar-refractivity contribution in [2.24, 2.45) is 0 Å². The van der Waals surface area contributed by atoms with Crippen molar-refractivity contribution >= 4 is 0 Å². The van der Waals surface area contributed by atoms with E-state index in [0.29, 0.717) is 13.0 Å². The summed E-state index contributed by atoms with van der Waals surface area (Å²) in [5.41, 5.74) is 0. The van der Waals surface area contributed by atoms with Crippen molar-refractivity contribution in [1.29, 1.82) is 0 Å². The van der Waals surface area contributed by atoms with Gasteiger partial charge in [-0.1, -0.05) is 0 Å². The van der Waals surface area contributed by atoms with Crippen LogP contribution in [0.15, 0.2) is 0 Å². The lowest BCUT2D eigenvalue weighted by Gasteiger charge is -2.43. The molecule has 0 aromatic carbocycles. The largest absolute Gasteiger partial charge is 0.390 e. The molecule has 0 aromatic heterocycles. The number of hydrogen-bond donors (Lipinski definition) is 4. The predicted octanol–water partition coefficient (Wildman–Crippen LogP) is -0.721. The Bertz CT molecular complexity index is 444. The molecule has 11 atom stereocenters. The summed E-state index contributed by atoms with van der Waals surface area (Å²) >= 11 is 0. The lowest BCUT2D eigenvalue weighted by atomic mass is 10.00. The number of rotatable bonds is 4. The van der Waals surface area contributed by atoms with E-state index in [0.717, 1.165) is 0 Å². The summed E-state index contributed by atoms with van der Waals surface area (Å²) in [5.74, 6) is 0. The number of aliphatic hydroxyl groups excluding tert-OH is 4. The molecule has 1 unspecified atom stereocenters. The highest BCUT2D eigenvalue weighted by Gasteiger charge is 2.43. The van der Waals surface area contributed by atoms with Crippen LogP contribution in [0, 0.1) is 0 Å². The molecule has 4 N–H and O–H groups in total. The number of ether oxygens (including phenoxy) is 5. The Morgan fingerprint density at radius 3 is 1.81 bits per heavy atom. The molecule has 0 saturated carbocycles. The highest BCUT2D eigenvalue weighted by atomic mass is 16.7. The van der Waals surface area contributed by atoms with Gasteiger partial charge >= 0.3 is 0 Å². The van der Waals surface area contributed by atoms with E-state index in [4.69, 9.17) is 23.7 Å². The zero-order valence-corrected chi connectivity index (χ0v) is 16.0. The van der Waals surface area contributed by atoms with Crippen LogP contribution in [-0.2, 0) is 23.7 Å². The molecule has 3 rings (SSSR count). The van der Waals surface area contributed by atoms with Gasteiger partial charge in [0.05, 0.1) is 36.6 Å². The minimum Gasteiger partial charge on any atom is -0.390 e. The topological polar surface area (TPSA) is 127 Å². The van der Waals surface area contributed by atoms with Crippen LogP contribution in [0.1, 0.15) is 40.0 Å². The van der Waals surface area contributed by atoms with E-state index in [9.17, 15) is 20.4 Å². The van der Waals surface area contributed by atoms with E-state index >= 15 is 0 Å². The molecule has 0 bridgehead atoms. The first kappa shape index (κ1) is 21.4. The zero-order chi connectivity index (χ0) is 19.7. The van der Waals surface area contributed by atoms with Crippen LogP contribution in [0.3, 0.4) is 0 Å². The highest BCUT2D eigenvalue weighted by molar-refractivity contribution is 4.87. The van der Waals surface area contributed by atoms with E-state index in [-0.39, 0.29) is 18.9 Å². The molecule has 27 heavy (non-hydrogen) atoms. The Kier molecular flexibility index (Phi) is 7.10. The first-order valence-electron chi connectivity index (χ1n) is 9.72. The molecule has 0 aliphatic carbocycles. The highest BCUT2D eigenvalue weighted by Crippen LogP contribution is 2.30. The van der Waals surface area contributed by atoms with Gasteiger partial charge in [-0.25, -0.2) is 0 Å². The molecule has 158 valence electrons. The van der Waals surface area contributed by atoms with Gasteiger partial charge in [0.2, 0.25) is 0 Å². The molecule has 3 saturated heterocycles. The van der Waals surface area contributed by atoms with Crippen LogP contribution in [0.4, 0.5) is 0 Å². The second-order valence-electron chi connectivity index (χ2n) is 7.77. The third-order valence-electron chi connectivity index (χ3n) is 5.57. The summed E-state index contributed by atoms with van der Waals surface area (Å²) in [7, 11) is 0. The van der Waals surface area contributed by atoms with Crippen molar-refractivity contribution in [2.75, 3.05) is 6.61 Å². The van der Waals surface area contributed by atoms with Crippen LogP contribution in [0.25, 0.3) is 0 Å². The van der Waals surface area contributed by atoms with Gasteiger partial charge in [-0.05, 0) is 27.2 Å². The fourth-order valence-electron chi connectivity index (χ4n) is 3.92. The molecule has 9 nitrogen and oxygen atoms in total. The van der Waals surface area contributed by atoms with E-state index < -0.39 is 61.4 Å². The summed E-state index contributed by atoms with van der Waals surface area (Å²) < 4.78 is 28.6. The number of aliphatic hydroxyl groups is 4. The smallest absolute Gasteiger partial charge is 0.161 e. The van der Waals surface area contributed by atoms with Crippen molar-refractivity contribution in [2.45, 2.75) is 108 Å². The second kappa shape index (κ2) is 8.98. The Morgan fingerprint density at radius 2 is 1.26 bits per heavy atom. The standard InChI is InChI=1S/C18H32O9/c1-8-16(22)12(20)6-14(24-8)27-18-10(3)25-15(7-13(18)21)26-17-9(2)23-5-4-11(17)19/h8-22H,4-7H2,1-3H3/t8-,9-,10-,11+,12+,13+,14+,15?,16-,17-,18-/m1/s1.